The van der Waals surface area contributed by atoms with Crippen molar-refractivity contribution in [1.82, 2.24) is 4.57 Å². The molecule has 2 heterocycles. The van der Waals surface area contributed by atoms with E-state index >= 15 is 0 Å². The molecular weight excluding hydrogens is 839 g/mol. The van der Waals surface area contributed by atoms with Gasteiger partial charge in [0.2, 0.25) is 0 Å². The van der Waals surface area contributed by atoms with Crippen LogP contribution in [0.2, 0.25) is 0 Å². The first-order valence-corrected chi connectivity index (χ1v) is 24.5. The summed E-state index contributed by atoms with van der Waals surface area (Å²) in [6.45, 7) is 0. The Bertz CT molecular complexity index is 3990. The van der Waals surface area contributed by atoms with Gasteiger partial charge in [-0.3, -0.25) is 0 Å². The van der Waals surface area contributed by atoms with Crippen LogP contribution < -0.4 is 0 Å². The second-order valence-electron chi connectivity index (χ2n) is 18.3. The van der Waals surface area contributed by atoms with Crippen molar-refractivity contribution in [2.75, 3.05) is 0 Å². The van der Waals surface area contributed by atoms with Crippen LogP contribution in [0.1, 0.15) is 22.6 Å². The van der Waals surface area contributed by atoms with Crippen LogP contribution in [0.25, 0.3) is 104 Å². The predicted octanol–water partition coefficient (Wildman–Crippen LogP) is 18.0. The summed E-state index contributed by atoms with van der Waals surface area (Å²) in [5.74, 6) is 0.218. The van der Waals surface area contributed by atoms with E-state index in [4.69, 9.17) is 0 Å². The van der Waals surface area contributed by atoms with Crippen molar-refractivity contribution in [3.63, 3.8) is 0 Å². The summed E-state index contributed by atoms with van der Waals surface area (Å²) < 4.78 is 2.44. The van der Waals surface area contributed by atoms with Gasteiger partial charge in [0.25, 0.3) is 0 Å². The fourth-order valence-electron chi connectivity index (χ4n) is 11.3. The molecule has 68 heavy (non-hydrogen) atoms. The van der Waals surface area contributed by atoms with Gasteiger partial charge in [-0.15, -0.1) is 11.8 Å². The van der Waals surface area contributed by atoms with Crippen LogP contribution in [-0.4, -0.2) is 9.82 Å². The van der Waals surface area contributed by atoms with Crippen molar-refractivity contribution in [3.05, 3.63) is 265 Å². The molecule has 0 spiro atoms. The van der Waals surface area contributed by atoms with Crippen molar-refractivity contribution >= 4 is 77.0 Å². The van der Waals surface area contributed by atoms with Crippen LogP contribution in [0.4, 0.5) is 0 Å². The van der Waals surface area contributed by atoms with Crippen LogP contribution in [0.15, 0.2) is 254 Å². The molecule has 0 amide bonds. The number of fused-ring (bicyclic) bond motifs is 12. The van der Waals surface area contributed by atoms with Crippen molar-refractivity contribution in [3.8, 4) is 39.1 Å². The van der Waals surface area contributed by atoms with Gasteiger partial charge >= 0.3 is 0 Å². The number of hydrogen-bond donors (Lipinski definition) is 0. The highest BCUT2D eigenvalue weighted by atomic mass is 32.2. The molecule has 12 aromatic rings. The summed E-state index contributed by atoms with van der Waals surface area (Å²) in [6.07, 6.45) is 4.98. The molecule has 0 N–H and O–H groups in total. The van der Waals surface area contributed by atoms with E-state index in [1.807, 2.05) is 11.8 Å². The number of thioether (sulfide) groups is 1. The van der Waals surface area contributed by atoms with Crippen molar-refractivity contribution in [2.24, 2.45) is 0 Å². The number of nitrogens with zero attached hydrogens (tertiary/aromatic N) is 1. The van der Waals surface area contributed by atoms with Crippen LogP contribution in [0.5, 0.6) is 0 Å². The van der Waals surface area contributed by atoms with Gasteiger partial charge in [0.15, 0.2) is 0 Å². The zero-order valence-corrected chi connectivity index (χ0v) is 38.0. The van der Waals surface area contributed by atoms with Gasteiger partial charge in [0.05, 0.1) is 11.0 Å². The fourth-order valence-corrected chi connectivity index (χ4v) is 12.9. The number of hydrogen-bond acceptors (Lipinski definition) is 1. The maximum Gasteiger partial charge on any atom is 0.0541 e. The minimum atomic E-state index is 0.218. The topological polar surface area (TPSA) is 4.93 Å². The molecule has 1 nitrogen and oxygen atoms in total. The summed E-state index contributed by atoms with van der Waals surface area (Å²) in [7, 11) is 0. The van der Waals surface area contributed by atoms with Crippen LogP contribution >= 0.6 is 11.8 Å². The Morgan fingerprint density at radius 2 is 0.853 bits per heavy atom. The Kier molecular flexibility index (Phi) is 9.03. The van der Waals surface area contributed by atoms with Gasteiger partial charge in [-0.1, -0.05) is 194 Å². The normalized spacial score (nSPS) is 15.5. The summed E-state index contributed by atoms with van der Waals surface area (Å²) >= 11 is 2.04. The summed E-state index contributed by atoms with van der Waals surface area (Å²) in [5.41, 5.74) is 17.6. The molecule has 0 saturated carbocycles. The third-order valence-electron chi connectivity index (χ3n) is 14.5. The standard InChI is InChI=1S/C66H43NS/c1-4-16-42(17-5-1)48-38-57(45-20-8-3-9-21-45)65-61(40-48)62-41-49(43-18-6-2-7-19-43)39-58(66(62)68-65)47-31-35-64-60(37-47)56-26-14-15-27-63(56)67(64)50-32-28-44(29-33-50)46-30-34-55-53-24-11-10-22-51(53)52-23-12-13-25-54(52)59(55)36-46/h1-41,61,65H. The van der Waals surface area contributed by atoms with Crippen LogP contribution in [-0.2, 0) is 0 Å². The number of allylic oxidation sites excluding steroid dienone is 3. The molecular formula is C66H43NS. The van der Waals surface area contributed by atoms with Crippen molar-refractivity contribution in [1.29, 1.82) is 0 Å². The maximum absolute atomic E-state index is 2.54. The molecule has 0 radical (unpaired) electrons. The molecule has 11 aromatic carbocycles. The number of para-hydroxylation sites is 1. The molecule has 318 valence electrons. The van der Waals surface area contributed by atoms with E-state index in [9.17, 15) is 0 Å². The highest BCUT2D eigenvalue weighted by molar-refractivity contribution is 8.01. The van der Waals surface area contributed by atoms with E-state index < -0.39 is 0 Å². The lowest BCUT2D eigenvalue weighted by Gasteiger charge is -2.26. The van der Waals surface area contributed by atoms with Crippen molar-refractivity contribution in [2.45, 2.75) is 16.1 Å². The molecule has 1 aromatic heterocycles. The van der Waals surface area contributed by atoms with Gasteiger partial charge in [-0.2, -0.15) is 0 Å². The average Bonchev–Trinajstić information content (AvgIpc) is 3.96. The third kappa shape index (κ3) is 6.25. The fraction of sp³-hybridized carbons (Fsp3) is 0.0303. The highest BCUT2D eigenvalue weighted by Gasteiger charge is 2.39. The van der Waals surface area contributed by atoms with E-state index in [1.165, 1.54) is 120 Å². The minimum absolute atomic E-state index is 0.218. The molecule has 0 fully saturated rings. The molecule has 2 aliphatic rings. The molecule has 1 aliphatic heterocycles. The maximum atomic E-state index is 2.54. The van der Waals surface area contributed by atoms with E-state index in [0.29, 0.717) is 0 Å². The lowest BCUT2D eigenvalue weighted by atomic mass is 9.80. The number of aromatic nitrogens is 1. The Morgan fingerprint density at radius 1 is 0.338 bits per heavy atom. The van der Waals surface area contributed by atoms with E-state index in [2.05, 4.69) is 253 Å². The van der Waals surface area contributed by atoms with Crippen LogP contribution in [0, 0.1) is 0 Å². The molecule has 14 rings (SSSR count). The molecule has 2 heteroatoms. The van der Waals surface area contributed by atoms with Gasteiger partial charge < -0.3 is 4.57 Å². The zero-order valence-electron chi connectivity index (χ0n) is 37.2. The first kappa shape index (κ1) is 39.0. The van der Waals surface area contributed by atoms with Gasteiger partial charge in [0, 0.05) is 32.5 Å². The Balaban J connectivity index is 0.895. The van der Waals surface area contributed by atoms with E-state index in [-0.39, 0.29) is 11.2 Å². The van der Waals surface area contributed by atoms with Crippen LogP contribution in [0.3, 0.4) is 0 Å². The summed E-state index contributed by atoms with van der Waals surface area (Å²) in [6, 6.07) is 87.6. The predicted molar refractivity (Wildman–Crippen MR) is 291 cm³/mol. The van der Waals surface area contributed by atoms with E-state index in [0.717, 1.165) is 5.69 Å². The highest BCUT2D eigenvalue weighted by Crippen LogP contribution is 2.58. The Hall–Kier alpha value is -8.17. The summed E-state index contributed by atoms with van der Waals surface area (Å²) in [4.78, 5) is 1.38. The zero-order chi connectivity index (χ0) is 44.7. The first-order chi connectivity index (χ1) is 33.7. The average molecular weight is 882 g/mol. The largest absolute Gasteiger partial charge is 0.309 e. The SMILES string of the molecule is C1=C(c2ccccc2)C=C(c2ccccc2)C2Sc3c(-c4ccc5c(c4)c4ccccc4n5-c4ccc(-c5ccc6c7ccccc7c7ccccc7c6c5)cc4)cc(-c4ccccc4)cc3C12. The smallest absolute Gasteiger partial charge is 0.0541 e. The Morgan fingerprint density at radius 3 is 1.54 bits per heavy atom. The Labute approximate surface area is 400 Å². The van der Waals surface area contributed by atoms with Gasteiger partial charge in [0.1, 0.15) is 0 Å². The second-order valence-corrected chi connectivity index (χ2v) is 19.5. The first-order valence-electron chi connectivity index (χ1n) is 23.6. The van der Waals surface area contributed by atoms with Gasteiger partial charge in [-0.05, 0) is 148 Å². The molecule has 0 bridgehead atoms. The van der Waals surface area contributed by atoms with Gasteiger partial charge in [-0.25, -0.2) is 0 Å². The number of benzene rings is 11. The number of rotatable bonds is 6. The minimum Gasteiger partial charge on any atom is -0.309 e. The lowest BCUT2D eigenvalue weighted by Crippen LogP contribution is -2.15. The monoisotopic (exact) mass is 881 g/mol. The van der Waals surface area contributed by atoms with E-state index in [1.54, 1.807) is 0 Å². The molecule has 1 aliphatic carbocycles. The van der Waals surface area contributed by atoms with Crippen molar-refractivity contribution < 1.29 is 0 Å². The molecule has 2 unspecified atom stereocenters. The molecule has 0 saturated heterocycles. The molecule has 2 atom stereocenters. The summed E-state index contributed by atoms with van der Waals surface area (Å²) in [5, 5.41) is 10.5. The second kappa shape index (κ2) is 15.7. The third-order valence-corrected chi connectivity index (χ3v) is 16.0. The quantitative estimate of drug-likeness (QED) is 0.151. The lowest BCUT2D eigenvalue weighted by molar-refractivity contribution is 0.897.